The molecule has 0 radical (unpaired) electrons. The van der Waals surface area contributed by atoms with Gasteiger partial charge in [-0.3, -0.25) is 9.69 Å². The summed E-state index contributed by atoms with van der Waals surface area (Å²) in [4.78, 5) is 27.3. The second-order valence-electron chi connectivity index (χ2n) is 8.13. The van der Waals surface area contributed by atoms with E-state index in [1.54, 1.807) is 0 Å². The third-order valence-electron chi connectivity index (χ3n) is 5.47. The minimum Gasteiger partial charge on any atom is -0.507 e. The van der Waals surface area contributed by atoms with Crippen LogP contribution in [-0.4, -0.2) is 48.2 Å². The number of carbonyl (C=O) groups is 2. The maximum Gasteiger partial charge on any atom is 0.342 e. The van der Waals surface area contributed by atoms with Crippen molar-refractivity contribution in [2.45, 2.75) is 13.2 Å². The van der Waals surface area contributed by atoms with Gasteiger partial charge in [-0.25, -0.2) is 4.79 Å². The van der Waals surface area contributed by atoms with E-state index in [2.05, 4.69) is 10.2 Å². The zero-order chi connectivity index (χ0) is 24.8. The van der Waals surface area contributed by atoms with Gasteiger partial charge in [0.1, 0.15) is 17.9 Å². The van der Waals surface area contributed by atoms with Crippen LogP contribution >= 0.6 is 23.2 Å². The fourth-order valence-electron chi connectivity index (χ4n) is 3.73. The summed E-state index contributed by atoms with van der Waals surface area (Å²) < 4.78 is 10.8. The normalized spacial score (nSPS) is 13.9. The number of benzene rings is 3. The smallest absolute Gasteiger partial charge is 0.342 e. The third kappa shape index (κ3) is 6.96. The van der Waals surface area contributed by atoms with Crippen LogP contribution in [0.15, 0.2) is 60.7 Å². The first kappa shape index (κ1) is 25.0. The fourth-order valence-corrected chi connectivity index (χ4v) is 4.26. The van der Waals surface area contributed by atoms with Crippen LogP contribution in [0.5, 0.6) is 5.75 Å². The van der Waals surface area contributed by atoms with Crippen molar-refractivity contribution in [3.8, 4) is 5.75 Å². The summed E-state index contributed by atoms with van der Waals surface area (Å²) in [6.07, 6.45) is 0. The quantitative estimate of drug-likeness (QED) is 0.424. The Labute approximate surface area is 213 Å². The van der Waals surface area contributed by atoms with Crippen LogP contribution in [0.4, 0.5) is 5.69 Å². The zero-order valence-corrected chi connectivity index (χ0v) is 20.3. The van der Waals surface area contributed by atoms with Crippen LogP contribution in [0.3, 0.4) is 0 Å². The van der Waals surface area contributed by atoms with Crippen molar-refractivity contribution >= 4 is 40.8 Å². The van der Waals surface area contributed by atoms with Gasteiger partial charge in [0.2, 0.25) is 0 Å². The van der Waals surface area contributed by atoms with Gasteiger partial charge in [-0.15, -0.1) is 0 Å². The van der Waals surface area contributed by atoms with Crippen molar-refractivity contribution in [3.63, 3.8) is 0 Å². The van der Waals surface area contributed by atoms with Crippen LogP contribution < -0.4 is 5.32 Å². The van der Waals surface area contributed by atoms with E-state index < -0.39 is 11.9 Å². The number of morpholine rings is 1. The molecule has 3 aromatic rings. The Morgan fingerprint density at radius 3 is 2.40 bits per heavy atom. The highest BCUT2D eigenvalue weighted by Gasteiger charge is 2.16. The molecule has 0 unspecified atom stereocenters. The first-order valence-electron chi connectivity index (χ1n) is 11.0. The van der Waals surface area contributed by atoms with E-state index in [1.165, 1.54) is 36.4 Å². The molecule has 0 bridgehead atoms. The first-order chi connectivity index (χ1) is 16.9. The molecule has 2 N–H and O–H groups in total. The summed E-state index contributed by atoms with van der Waals surface area (Å²) in [6, 6.07) is 16.5. The third-order valence-corrected chi connectivity index (χ3v) is 5.91. The summed E-state index contributed by atoms with van der Waals surface area (Å²) in [5.41, 5.74) is 2.55. The van der Waals surface area contributed by atoms with Crippen molar-refractivity contribution in [2.24, 2.45) is 0 Å². The lowest BCUT2D eigenvalue weighted by Gasteiger charge is -2.26. The summed E-state index contributed by atoms with van der Waals surface area (Å²) in [5, 5.41) is 13.6. The Morgan fingerprint density at radius 2 is 1.69 bits per heavy atom. The van der Waals surface area contributed by atoms with E-state index in [-0.39, 0.29) is 23.5 Å². The standard InChI is InChI=1S/C26H24Cl2N2O5/c27-20-11-19(12-21(28)13-20)25(32)29-22-4-5-23(24(31)14-22)26(33)35-16-18-3-1-2-17(10-18)15-30-6-8-34-9-7-30/h1-5,10-14,31H,6-9,15-16H2,(H,29,32). The van der Waals surface area contributed by atoms with Gasteiger partial charge < -0.3 is 19.9 Å². The molecular weight excluding hydrogens is 491 g/mol. The van der Waals surface area contributed by atoms with Gasteiger partial charge in [-0.2, -0.15) is 0 Å². The van der Waals surface area contributed by atoms with E-state index in [4.69, 9.17) is 32.7 Å². The number of ether oxygens (including phenoxy) is 2. The summed E-state index contributed by atoms with van der Waals surface area (Å²) in [5.74, 6) is -1.43. The molecule has 1 aliphatic heterocycles. The molecule has 3 aromatic carbocycles. The zero-order valence-electron chi connectivity index (χ0n) is 18.8. The molecule has 0 saturated carbocycles. The van der Waals surface area contributed by atoms with Crippen LogP contribution in [0.1, 0.15) is 31.8 Å². The van der Waals surface area contributed by atoms with Gasteiger partial charge in [0.05, 0.1) is 13.2 Å². The number of nitrogens with zero attached hydrogens (tertiary/aromatic N) is 1. The summed E-state index contributed by atoms with van der Waals surface area (Å²) >= 11 is 11.9. The maximum absolute atomic E-state index is 12.5. The van der Waals surface area contributed by atoms with Crippen molar-refractivity contribution in [1.29, 1.82) is 0 Å². The number of anilines is 1. The van der Waals surface area contributed by atoms with Crippen molar-refractivity contribution in [2.75, 3.05) is 31.6 Å². The van der Waals surface area contributed by atoms with Gasteiger partial charge in [-0.1, -0.05) is 47.5 Å². The highest BCUT2D eigenvalue weighted by Crippen LogP contribution is 2.25. The molecule has 4 rings (SSSR count). The number of nitrogens with one attached hydrogen (secondary N) is 1. The van der Waals surface area contributed by atoms with Crippen LogP contribution in [0, 0.1) is 0 Å². The number of aromatic hydroxyl groups is 1. The first-order valence-corrected chi connectivity index (χ1v) is 11.8. The molecule has 182 valence electrons. The molecule has 1 fully saturated rings. The number of amides is 1. The number of halogens is 2. The molecule has 0 aromatic heterocycles. The summed E-state index contributed by atoms with van der Waals surface area (Å²) in [7, 11) is 0. The largest absolute Gasteiger partial charge is 0.507 e. The van der Waals surface area contributed by atoms with E-state index >= 15 is 0 Å². The van der Waals surface area contributed by atoms with Gasteiger partial charge in [0, 0.05) is 47.0 Å². The van der Waals surface area contributed by atoms with E-state index in [0.717, 1.165) is 44.0 Å². The SMILES string of the molecule is O=C(Nc1ccc(C(=O)OCc2cccc(CN3CCOCC3)c2)c(O)c1)c1cc(Cl)cc(Cl)c1. The van der Waals surface area contributed by atoms with Gasteiger partial charge in [-0.05, 0) is 41.5 Å². The molecule has 0 spiro atoms. The monoisotopic (exact) mass is 514 g/mol. The molecule has 1 saturated heterocycles. The Hall–Kier alpha value is -3.10. The van der Waals surface area contributed by atoms with E-state index in [9.17, 15) is 14.7 Å². The fraction of sp³-hybridized carbons (Fsp3) is 0.231. The predicted octanol–water partition coefficient (Wildman–Crippen LogP) is 5.14. The van der Waals surface area contributed by atoms with Crippen LogP contribution in [-0.2, 0) is 22.6 Å². The number of rotatable bonds is 7. The predicted molar refractivity (Wildman–Crippen MR) is 134 cm³/mol. The number of esters is 1. The highest BCUT2D eigenvalue weighted by molar-refractivity contribution is 6.35. The molecule has 1 aliphatic rings. The number of hydrogen-bond donors (Lipinski definition) is 2. The van der Waals surface area contributed by atoms with E-state index in [1.807, 2.05) is 24.3 Å². The van der Waals surface area contributed by atoms with Crippen molar-refractivity contribution in [3.05, 3.63) is 93.0 Å². The number of phenols is 1. The average Bonchev–Trinajstić information content (AvgIpc) is 2.83. The maximum atomic E-state index is 12.5. The molecule has 9 heteroatoms. The van der Waals surface area contributed by atoms with E-state index in [0.29, 0.717) is 15.7 Å². The summed E-state index contributed by atoms with van der Waals surface area (Å²) in [6.45, 7) is 4.13. The molecule has 0 aliphatic carbocycles. The molecule has 35 heavy (non-hydrogen) atoms. The Kier molecular flexibility index (Phi) is 8.25. The minimum atomic E-state index is -0.666. The second-order valence-corrected chi connectivity index (χ2v) is 9.00. The Morgan fingerprint density at radius 1 is 0.971 bits per heavy atom. The molecular formula is C26H24Cl2N2O5. The molecule has 1 amide bonds. The number of phenolic OH excluding ortho intramolecular Hbond substituents is 1. The van der Waals surface area contributed by atoms with Crippen LogP contribution in [0.25, 0.3) is 0 Å². The average molecular weight is 515 g/mol. The molecule has 7 nitrogen and oxygen atoms in total. The number of hydrogen-bond acceptors (Lipinski definition) is 6. The van der Waals surface area contributed by atoms with Gasteiger partial charge in [0.25, 0.3) is 5.91 Å². The van der Waals surface area contributed by atoms with Gasteiger partial charge >= 0.3 is 5.97 Å². The minimum absolute atomic E-state index is 0.00160. The highest BCUT2D eigenvalue weighted by atomic mass is 35.5. The Balaban J connectivity index is 1.35. The van der Waals surface area contributed by atoms with Crippen molar-refractivity contribution in [1.82, 2.24) is 4.90 Å². The van der Waals surface area contributed by atoms with Gasteiger partial charge in [0.15, 0.2) is 0 Å². The Bertz CT molecular complexity index is 1210. The van der Waals surface area contributed by atoms with Crippen molar-refractivity contribution < 1.29 is 24.2 Å². The number of carbonyl (C=O) groups excluding carboxylic acids is 2. The lowest BCUT2D eigenvalue weighted by atomic mass is 10.1. The molecule has 0 atom stereocenters. The lowest BCUT2D eigenvalue weighted by Crippen LogP contribution is -2.35. The van der Waals surface area contributed by atoms with Crippen LogP contribution in [0.2, 0.25) is 10.0 Å². The topological polar surface area (TPSA) is 88.1 Å². The molecule has 1 heterocycles. The lowest BCUT2D eigenvalue weighted by molar-refractivity contribution is 0.0341. The second kappa shape index (κ2) is 11.6.